The van der Waals surface area contributed by atoms with Gasteiger partial charge in [0.05, 0.1) is 0 Å². The Morgan fingerprint density at radius 1 is 1.44 bits per heavy atom. The predicted octanol–water partition coefficient (Wildman–Crippen LogP) is 0.00450. The lowest BCUT2D eigenvalue weighted by Crippen LogP contribution is -2.12. The molecule has 1 rings (SSSR count). The highest BCUT2D eigenvalue weighted by atomic mass is 16.1. The summed E-state index contributed by atoms with van der Waals surface area (Å²) in [6, 6.07) is 5.07. The summed E-state index contributed by atoms with van der Waals surface area (Å²) in [4.78, 5) is 10.6. The Kier molecular flexibility index (Phi) is 2.78. The molecule has 1 aromatic rings. The molecule has 0 aliphatic heterocycles. The lowest BCUT2D eigenvalue weighted by atomic mass is 10.5. The van der Waals surface area contributed by atoms with Crippen LogP contribution in [0.15, 0.2) is 29.2 Å². The molecule has 2 nitrogen and oxygen atoms in total. The second-order valence-corrected chi connectivity index (χ2v) is 1.65. The van der Waals surface area contributed by atoms with Crippen molar-refractivity contribution >= 4 is 8.41 Å². The first-order valence-corrected chi connectivity index (χ1v) is 2.42. The standard InChI is InChI=1S/C6H7NO.B/c1-7-5-3-2-4-6(7)8;/h2-5H,1H3;. The molecule has 0 amide bonds. The zero-order valence-electron chi connectivity index (χ0n) is 5.24. The average Bonchev–Trinajstić information content (AvgIpc) is 1.77. The van der Waals surface area contributed by atoms with Crippen molar-refractivity contribution in [2.45, 2.75) is 0 Å². The summed E-state index contributed by atoms with van der Waals surface area (Å²) in [7, 11) is 1.72. The number of aromatic nitrogens is 1. The zero-order valence-corrected chi connectivity index (χ0v) is 5.24. The lowest BCUT2D eigenvalue weighted by Gasteiger charge is -1.89. The minimum absolute atomic E-state index is 0. The van der Waals surface area contributed by atoms with Gasteiger partial charge in [0.2, 0.25) is 5.56 Å². The molecule has 0 saturated carbocycles. The predicted molar refractivity (Wildman–Crippen MR) is 37.4 cm³/mol. The number of aryl methyl sites for hydroxylation is 1. The molecule has 0 unspecified atom stereocenters. The van der Waals surface area contributed by atoms with Crippen LogP contribution in [-0.4, -0.2) is 13.0 Å². The summed E-state index contributed by atoms with van der Waals surface area (Å²) in [6.07, 6.45) is 1.72. The van der Waals surface area contributed by atoms with Crippen LogP contribution in [-0.2, 0) is 7.05 Å². The SMILES string of the molecule is Cn1ccccc1=O.[B]. The number of pyridine rings is 1. The highest BCUT2D eigenvalue weighted by Crippen LogP contribution is 1.73. The smallest absolute Gasteiger partial charge is 0.250 e. The van der Waals surface area contributed by atoms with Gasteiger partial charge in [-0.1, -0.05) is 6.07 Å². The zero-order chi connectivity index (χ0) is 5.98. The van der Waals surface area contributed by atoms with Crippen molar-refractivity contribution in [1.82, 2.24) is 4.57 Å². The molecule has 0 N–H and O–H groups in total. The molecule has 0 aromatic carbocycles. The Bertz CT molecular complexity index is 230. The Morgan fingerprint density at radius 2 is 2.11 bits per heavy atom. The average molecular weight is 120 g/mol. The van der Waals surface area contributed by atoms with E-state index in [1.807, 2.05) is 6.07 Å². The van der Waals surface area contributed by atoms with Crippen LogP contribution in [0.25, 0.3) is 0 Å². The Labute approximate surface area is 55.7 Å². The molecule has 0 fully saturated rings. The van der Waals surface area contributed by atoms with Crippen LogP contribution in [0.5, 0.6) is 0 Å². The van der Waals surface area contributed by atoms with Crippen LogP contribution in [0.2, 0.25) is 0 Å². The third-order valence-electron chi connectivity index (χ3n) is 1.01. The summed E-state index contributed by atoms with van der Waals surface area (Å²) < 4.78 is 1.53. The molecule has 1 aromatic heterocycles. The Morgan fingerprint density at radius 3 is 2.44 bits per heavy atom. The van der Waals surface area contributed by atoms with Crippen molar-refractivity contribution in [2.75, 3.05) is 0 Å². The van der Waals surface area contributed by atoms with Crippen molar-refractivity contribution in [3.63, 3.8) is 0 Å². The van der Waals surface area contributed by atoms with Gasteiger partial charge < -0.3 is 4.57 Å². The summed E-state index contributed by atoms with van der Waals surface area (Å²) in [5.41, 5.74) is 0.0347. The van der Waals surface area contributed by atoms with Gasteiger partial charge in [0.25, 0.3) is 0 Å². The fourth-order valence-corrected chi connectivity index (χ4v) is 0.508. The first-order chi connectivity index (χ1) is 3.80. The Hall–Kier alpha value is -0.985. The van der Waals surface area contributed by atoms with E-state index in [2.05, 4.69) is 0 Å². The molecule has 0 aliphatic carbocycles. The highest BCUT2D eigenvalue weighted by Gasteiger charge is 1.79. The molecule has 0 bridgehead atoms. The maximum atomic E-state index is 10.6. The van der Waals surface area contributed by atoms with Gasteiger partial charge in [0.15, 0.2) is 0 Å². The topological polar surface area (TPSA) is 22.0 Å². The van der Waals surface area contributed by atoms with Gasteiger partial charge in [-0.05, 0) is 6.07 Å². The molecule has 45 valence electrons. The van der Waals surface area contributed by atoms with E-state index in [-0.39, 0.29) is 14.0 Å². The first kappa shape index (κ1) is 8.01. The molecule has 9 heavy (non-hydrogen) atoms. The van der Waals surface area contributed by atoms with Crippen molar-refractivity contribution in [3.8, 4) is 0 Å². The molecule has 0 atom stereocenters. The van der Waals surface area contributed by atoms with Crippen LogP contribution in [0.1, 0.15) is 0 Å². The van der Waals surface area contributed by atoms with E-state index in [1.54, 1.807) is 19.3 Å². The molecular formula is C6H7BNO. The second kappa shape index (κ2) is 3.12. The van der Waals surface area contributed by atoms with Crippen LogP contribution < -0.4 is 5.56 Å². The second-order valence-electron chi connectivity index (χ2n) is 1.65. The summed E-state index contributed by atoms with van der Waals surface area (Å²) >= 11 is 0. The van der Waals surface area contributed by atoms with Gasteiger partial charge in [-0.15, -0.1) is 0 Å². The van der Waals surface area contributed by atoms with E-state index in [9.17, 15) is 4.79 Å². The van der Waals surface area contributed by atoms with E-state index in [0.29, 0.717) is 0 Å². The third kappa shape index (κ3) is 1.76. The minimum atomic E-state index is 0. The first-order valence-electron chi connectivity index (χ1n) is 2.42. The lowest BCUT2D eigenvalue weighted by molar-refractivity contribution is 0.860. The number of hydrogen-bond acceptors (Lipinski definition) is 1. The molecule has 3 radical (unpaired) electrons. The van der Waals surface area contributed by atoms with Crippen molar-refractivity contribution < 1.29 is 0 Å². The highest BCUT2D eigenvalue weighted by molar-refractivity contribution is 5.75. The molecule has 0 aliphatic rings. The van der Waals surface area contributed by atoms with Gasteiger partial charge in [-0.2, -0.15) is 0 Å². The third-order valence-corrected chi connectivity index (χ3v) is 1.01. The summed E-state index contributed by atoms with van der Waals surface area (Å²) in [5.74, 6) is 0. The van der Waals surface area contributed by atoms with E-state index in [0.717, 1.165) is 0 Å². The number of nitrogens with zero attached hydrogens (tertiary/aromatic N) is 1. The van der Waals surface area contributed by atoms with Crippen LogP contribution in [0.3, 0.4) is 0 Å². The fourth-order valence-electron chi connectivity index (χ4n) is 0.508. The summed E-state index contributed by atoms with van der Waals surface area (Å²) in [5, 5.41) is 0. The maximum absolute atomic E-state index is 10.6. The van der Waals surface area contributed by atoms with Gasteiger partial charge in [-0.25, -0.2) is 0 Å². The number of hydrogen-bond donors (Lipinski definition) is 0. The summed E-state index contributed by atoms with van der Waals surface area (Å²) in [6.45, 7) is 0. The van der Waals surface area contributed by atoms with Crippen molar-refractivity contribution in [1.29, 1.82) is 0 Å². The number of rotatable bonds is 0. The largest absolute Gasteiger partial charge is 0.319 e. The van der Waals surface area contributed by atoms with E-state index < -0.39 is 0 Å². The van der Waals surface area contributed by atoms with Crippen molar-refractivity contribution in [2.24, 2.45) is 7.05 Å². The molecule has 1 heterocycles. The van der Waals surface area contributed by atoms with E-state index in [1.165, 1.54) is 10.6 Å². The minimum Gasteiger partial charge on any atom is -0.319 e. The van der Waals surface area contributed by atoms with Crippen molar-refractivity contribution in [3.05, 3.63) is 34.7 Å². The molecule has 3 heteroatoms. The van der Waals surface area contributed by atoms with Gasteiger partial charge >= 0.3 is 0 Å². The molecule has 0 saturated heterocycles. The molecular weight excluding hydrogens is 113 g/mol. The fraction of sp³-hybridized carbons (Fsp3) is 0.167. The quantitative estimate of drug-likeness (QED) is 0.442. The monoisotopic (exact) mass is 120 g/mol. The van der Waals surface area contributed by atoms with E-state index in [4.69, 9.17) is 0 Å². The van der Waals surface area contributed by atoms with Crippen LogP contribution >= 0.6 is 0 Å². The normalized spacial score (nSPS) is 8.11. The molecule has 0 spiro atoms. The Balaban J connectivity index is 0.000000640. The maximum Gasteiger partial charge on any atom is 0.250 e. The van der Waals surface area contributed by atoms with Gasteiger partial charge in [0, 0.05) is 27.7 Å². The van der Waals surface area contributed by atoms with E-state index >= 15 is 0 Å². The van der Waals surface area contributed by atoms with Crippen LogP contribution in [0, 0.1) is 0 Å². The van der Waals surface area contributed by atoms with Crippen LogP contribution in [0.4, 0.5) is 0 Å². The van der Waals surface area contributed by atoms with Gasteiger partial charge in [-0.3, -0.25) is 4.79 Å². The van der Waals surface area contributed by atoms with Gasteiger partial charge in [0.1, 0.15) is 0 Å².